The number of hydrogen-bond acceptors (Lipinski definition) is 8. The van der Waals surface area contributed by atoms with Crippen molar-refractivity contribution in [1.29, 1.82) is 0 Å². The molecule has 1 atom stereocenters. The number of hydrogen-bond donors (Lipinski definition) is 3. The zero-order valence-corrected chi connectivity index (χ0v) is 22.4. The monoisotopic (exact) mass is 557 g/mol. The zero-order valence-electron chi connectivity index (χ0n) is 21.6. The Bertz CT molecular complexity index is 1250. The normalized spacial score (nSPS) is 20.2. The SMILES string of the molecule is O=C(NCC(O)CN1CCc2c(ccc(OCc3cnco3)c2Cl)C1)c1ccnc(NC2CCC(F)CC2)c1. The van der Waals surface area contributed by atoms with Gasteiger partial charge in [-0.05, 0) is 61.4 Å². The lowest BCUT2D eigenvalue weighted by molar-refractivity contribution is 0.0841. The number of alkyl halides is 1. The molecule has 1 amide bonds. The third-order valence-corrected chi connectivity index (χ3v) is 7.64. The minimum atomic E-state index is -0.731. The first-order valence-electron chi connectivity index (χ1n) is 13.3. The number of aliphatic hydroxyl groups excluding tert-OH is 1. The van der Waals surface area contributed by atoms with Gasteiger partial charge in [0.25, 0.3) is 5.91 Å². The van der Waals surface area contributed by atoms with Gasteiger partial charge in [-0.25, -0.2) is 14.4 Å². The number of ether oxygens (including phenoxy) is 1. The molecule has 208 valence electrons. The average Bonchev–Trinajstić information content (AvgIpc) is 3.47. The lowest BCUT2D eigenvalue weighted by Crippen LogP contribution is -2.42. The Morgan fingerprint density at radius 3 is 2.92 bits per heavy atom. The van der Waals surface area contributed by atoms with E-state index in [0.717, 1.165) is 36.9 Å². The maximum Gasteiger partial charge on any atom is 0.251 e. The molecular weight excluding hydrogens is 525 g/mol. The highest BCUT2D eigenvalue weighted by atomic mass is 35.5. The highest BCUT2D eigenvalue weighted by Gasteiger charge is 2.24. The second kappa shape index (κ2) is 12.8. The van der Waals surface area contributed by atoms with Gasteiger partial charge >= 0.3 is 0 Å². The summed E-state index contributed by atoms with van der Waals surface area (Å²) in [5.41, 5.74) is 2.60. The van der Waals surface area contributed by atoms with Crippen LogP contribution in [0.5, 0.6) is 5.75 Å². The molecule has 1 aliphatic carbocycles. The van der Waals surface area contributed by atoms with Crippen LogP contribution in [-0.2, 0) is 19.6 Å². The molecule has 1 aliphatic heterocycles. The molecule has 0 radical (unpaired) electrons. The van der Waals surface area contributed by atoms with E-state index in [9.17, 15) is 14.3 Å². The summed E-state index contributed by atoms with van der Waals surface area (Å²) < 4.78 is 24.4. The van der Waals surface area contributed by atoms with Crippen LogP contribution in [0.4, 0.5) is 10.2 Å². The van der Waals surface area contributed by atoms with Crippen molar-refractivity contribution in [3.63, 3.8) is 0 Å². The van der Waals surface area contributed by atoms with Gasteiger partial charge < -0.3 is 24.9 Å². The van der Waals surface area contributed by atoms with Crippen molar-refractivity contribution in [3.8, 4) is 5.75 Å². The molecule has 0 spiro atoms. The number of aliphatic hydroxyl groups is 1. The molecule has 2 aromatic heterocycles. The Hall–Kier alpha value is -3.21. The van der Waals surface area contributed by atoms with E-state index >= 15 is 0 Å². The summed E-state index contributed by atoms with van der Waals surface area (Å²) in [4.78, 5) is 23.0. The van der Waals surface area contributed by atoms with Gasteiger partial charge in [0.1, 0.15) is 24.3 Å². The molecule has 2 aliphatic rings. The van der Waals surface area contributed by atoms with Crippen molar-refractivity contribution < 1.29 is 23.4 Å². The number of rotatable bonds is 10. The molecule has 3 heterocycles. The molecule has 3 aromatic rings. The third-order valence-electron chi connectivity index (χ3n) is 7.23. The molecule has 1 saturated carbocycles. The Balaban J connectivity index is 1.08. The molecule has 1 aromatic carbocycles. The second-order valence-electron chi connectivity index (χ2n) is 10.1. The van der Waals surface area contributed by atoms with E-state index < -0.39 is 12.3 Å². The molecule has 1 unspecified atom stereocenters. The fourth-order valence-corrected chi connectivity index (χ4v) is 5.44. The van der Waals surface area contributed by atoms with Gasteiger partial charge in [0, 0.05) is 44.0 Å². The van der Waals surface area contributed by atoms with E-state index in [4.69, 9.17) is 20.8 Å². The van der Waals surface area contributed by atoms with Gasteiger partial charge in [-0.15, -0.1) is 0 Å². The molecule has 9 nitrogen and oxygen atoms in total. The molecule has 0 saturated heterocycles. The largest absolute Gasteiger partial charge is 0.484 e. The van der Waals surface area contributed by atoms with Crippen molar-refractivity contribution in [1.82, 2.24) is 20.2 Å². The maximum absolute atomic E-state index is 13.4. The number of benzene rings is 1. The van der Waals surface area contributed by atoms with Gasteiger partial charge in [-0.1, -0.05) is 17.7 Å². The van der Waals surface area contributed by atoms with E-state index in [1.165, 1.54) is 6.39 Å². The van der Waals surface area contributed by atoms with Gasteiger partial charge in [-0.2, -0.15) is 0 Å². The van der Waals surface area contributed by atoms with Crippen LogP contribution in [0.2, 0.25) is 5.02 Å². The van der Waals surface area contributed by atoms with E-state index in [2.05, 4.69) is 25.5 Å². The Morgan fingerprint density at radius 1 is 1.28 bits per heavy atom. The minimum Gasteiger partial charge on any atom is -0.484 e. The maximum atomic E-state index is 13.4. The number of nitrogens with zero attached hydrogens (tertiary/aromatic N) is 3. The van der Waals surface area contributed by atoms with E-state index in [-0.39, 0.29) is 25.1 Å². The lowest BCUT2D eigenvalue weighted by Gasteiger charge is -2.31. The van der Waals surface area contributed by atoms with Crippen molar-refractivity contribution in [2.75, 3.05) is 25.0 Å². The summed E-state index contributed by atoms with van der Waals surface area (Å²) in [5.74, 6) is 1.54. The predicted molar refractivity (Wildman–Crippen MR) is 145 cm³/mol. The first kappa shape index (κ1) is 27.4. The number of nitrogens with one attached hydrogen (secondary N) is 2. The second-order valence-corrected chi connectivity index (χ2v) is 10.5. The fourth-order valence-electron chi connectivity index (χ4n) is 5.11. The summed E-state index contributed by atoms with van der Waals surface area (Å²) in [6.45, 7) is 2.17. The number of halogens is 2. The molecule has 5 rings (SSSR count). The van der Waals surface area contributed by atoms with E-state index in [0.29, 0.717) is 53.8 Å². The summed E-state index contributed by atoms with van der Waals surface area (Å²) in [6, 6.07) is 7.34. The number of pyridine rings is 1. The number of carbonyl (C=O) groups excluding carboxylic acids is 1. The van der Waals surface area contributed by atoms with Crippen LogP contribution in [0.15, 0.2) is 47.5 Å². The first-order chi connectivity index (χ1) is 18.9. The van der Waals surface area contributed by atoms with Gasteiger partial charge in [0.15, 0.2) is 12.2 Å². The van der Waals surface area contributed by atoms with E-state index in [1.807, 2.05) is 12.1 Å². The van der Waals surface area contributed by atoms with Gasteiger partial charge in [0.2, 0.25) is 0 Å². The van der Waals surface area contributed by atoms with Crippen LogP contribution in [0, 0.1) is 0 Å². The summed E-state index contributed by atoms with van der Waals surface area (Å²) in [7, 11) is 0. The van der Waals surface area contributed by atoms with Crippen LogP contribution in [0.1, 0.15) is 52.9 Å². The van der Waals surface area contributed by atoms with E-state index in [1.54, 1.807) is 24.5 Å². The summed E-state index contributed by atoms with van der Waals surface area (Å²) >= 11 is 6.62. The fraction of sp³-hybridized carbons (Fsp3) is 0.464. The van der Waals surface area contributed by atoms with Crippen LogP contribution in [0.3, 0.4) is 0 Å². The topological polar surface area (TPSA) is 113 Å². The highest BCUT2D eigenvalue weighted by Crippen LogP contribution is 2.34. The average molecular weight is 558 g/mol. The number of fused-ring (bicyclic) bond motifs is 1. The Labute approximate surface area is 231 Å². The van der Waals surface area contributed by atoms with Crippen molar-refractivity contribution >= 4 is 23.3 Å². The standard InChI is InChI=1S/C28H33ClFN5O4/c29-27-24-8-10-35(14-19(24)1-6-25(27)38-16-23-13-31-17-39-23)15-22(36)12-33-28(37)18-7-9-32-26(11-18)34-21-4-2-20(30)3-5-21/h1,6-7,9,11,13,17,20-22,36H,2-5,8,10,12,14-16H2,(H,32,34)(H,33,37). The zero-order chi connectivity index (χ0) is 27.2. The summed E-state index contributed by atoms with van der Waals surface area (Å²) in [6.07, 6.45) is 6.41. The molecule has 11 heteroatoms. The first-order valence-corrected chi connectivity index (χ1v) is 13.7. The number of aromatic nitrogens is 2. The quantitative estimate of drug-likeness (QED) is 0.341. The van der Waals surface area contributed by atoms with Gasteiger partial charge in [-0.3, -0.25) is 9.69 Å². The molecule has 1 fully saturated rings. The predicted octanol–water partition coefficient (Wildman–Crippen LogP) is 4.14. The van der Waals surface area contributed by atoms with Crippen LogP contribution < -0.4 is 15.4 Å². The Kier molecular flexibility index (Phi) is 8.95. The minimum absolute atomic E-state index is 0.128. The third kappa shape index (κ3) is 7.26. The number of carbonyl (C=O) groups is 1. The van der Waals surface area contributed by atoms with Crippen LogP contribution in [0.25, 0.3) is 0 Å². The highest BCUT2D eigenvalue weighted by molar-refractivity contribution is 6.33. The Morgan fingerprint density at radius 2 is 2.13 bits per heavy atom. The van der Waals surface area contributed by atoms with Crippen molar-refractivity contribution in [3.05, 3.63) is 70.5 Å². The molecule has 39 heavy (non-hydrogen) atoms. The van der Waals surface area contributed by atoms with Crippen molar-refractivity contribution in [2.45, 2.75) is 63.6 Å². The number of amides is 1. The number of oxazole rings is 1. The lowest BCUT2D eigenvalue weighted by atomic mass is 9.94. The summed E-state index contributed by atoms with van der Waals surface area (Å²) in [5, 5.41) is 17.3. The van der Waals surface area contributed by atoms with Crippen molar-refractivity contribution in [2.24, 2.45) is 0 Å². The molecule has 0 bridgehead atoms. The number of anilines is 1. The molecular formula is C28H33ClFN5O4. The van der Waals surface area contributed by atoms with Crippen LogP contribution >= 0.6 is 11.6 Å². The van der Waals surface area contributed by atoms with Crippen LogP contribution in [-0.4, -0.2) is 63.8 Å². The number of β-amino-alcohol motifs (C(OH)–C–C–N with tert-alkyl or cyclic N) is 1. The van der Waals surface area contributed by atoms with Gasteiger partial charge in [0.05, 0.1) is 17.3 Å². The molecule has 3 N–H and O–H groups in total. The smallest absolute Gasteiger partial charge is 0.251 e.